The highest BCUT2D eigenvalue weighted by Crippen LogP contribution is 2.22. The predicted molar refractivity (Wildman–Crippen MR) is 74.4 cm³/mol. The van der Waals surface area contributed by atoms with E-state index < -0.39 is 5.97 Å². The Kier molecular flexibility index (Phi) is 5.17. The third-order valence-corrected chi connectivity index (χ3v) is 2.62. The molecule has 104 valence electrons. The largest absolute Gasteiger partial charge is 0.478 e. The second-order valence-electron chi connectivity index (χ2n) is 4.29. The number of carboxylic acid groups (broad SMARTS) is 1. The molecule has 0 heterocycles. The van der Waals surface area contributed by atoms with Crippen molar-refractivity contribution in [1.29, 1.82) is 0 Å². The molecule has 6 heteroatoms. The number of hydrogen-bond donors (Lipinski definition) is 3. The third-order valence-electron chi connectivity index (χ3n) is 2.62. The van der Waals surface area contributed by atoms with Crippen molar-refractivity contribution in [1.82, 2.24) is 5.32 Å². The van der Waals surface area contributed by atoms with Gasteiger partial charge in [-0.1, -0.05) is 6.92 Å². The third kappa shape index (κ3) is 4.17. The van der Waals surface area contributed by atoms with Crippen molar-refractivity contribution in [2.24, 2.45) is 0 Å². The van der Waals surface area contributed by atoms with Gasteiger partial charge in [-0.3, -0.25) is 4.79 Å². The summed E-state index contributed by atoms with van der Waals surface area (Å²) in [4.78, 5) is 24.3. The summed E-state index contributed by atoms with van der Waals surface area (Å²) < 4.78 is 0. The first-order valence-electron chi connectivity index (χ1n) is 6.06. The van der Waals surface area contributed by atoms with E-state index in [1.165, 1.54) is 12.1 Å². The van der Waals surface area contributed by atoms with E-state index in [9.17, 15) is 9.59 Å². The Hall–Kier alpha value is -2.24. The standard InChI is InChI=1S/C13H19N3O3/c1-3-6-15-12(17)8-16(2)11-7-9(14)4-5-10(11)13(18)19/h4-5,7H,3,6,8,14H2,1-2H3,(H,15,17)(H,18,19). The molecule has 1 amide bonds. The summed E-state index contributed by atoms with van der Waals surface area (Å²) in [6.45, 7) is 2.66. The lowest BCUT2D eigenvalue weighted by Gasteiger charge is -2.21. The fraction of sp³-hybridized carbons (Fsp3) is 0.385. The Morgan fingerprint density at radius 1 is 1.42 bits per heavy atom. The first kappa shape index (κ1) is 14.8. The van der Waals surface area contributed by atoms with E-state index >= 15 is 0 Å². The molecular weight excluding hydrogens is 246 g/mol. The van der Waals surface area contributed by atoms with Crippen molar-refractivity contribution in [2.75, 3.05) is 30.8 Å². The van der Waals surface area contributed by atoms with Gasteiger partial charge in [0.2, 0.25) is 5.91 Å². The number of benzene rings is 1. The van der Waals surface area contributed by atoms with Crippen LogP contribution in [0.3, 0.4) is 0 Å². The number of nitrogen functional groups attached to an aromatic ring is 1. The molecule has 0 aromatic heterocycles. The lowest BCUT2D eigenvalue weighted by molar-refractivity contribution is -0.119. The van der Waals surface area contributed by atoms with Gasteiger partial charge in [0.05, 0.1) is 17.8 Å². The fourth-order valence-electron chi connectivity index (χ4n) is 1.67. The molecule has 0 saturated heterocycles. The maximum absolute atomic E-state index is 11.6. The van der Waals surface area contributed by atoms with Crippen LogP contribution in [0.4, 0.5) is 11.4 Å². The number of hydrogen-bond acceptors (Lipinski definition) is 4. The normalized spacial score (nSPS) is 10.0. The molecule has 1 aromatic rings. The van der Waals surface area contributed by atoms with Gasteiger partial charge < -0.3 is 21.1 Å². The van der Waals surface area contributed by atoms with Crippen molar-refractivity contribution in [3.05, 3.63) is 23.8 Å². The van der Waals surface area contributed by atoms with Crippen LogP contribution >= 0.6 is 0 Å². The van der Waals surface area contributed by atoms with E-state index in [1.54, 1.807) is 18.0 Å². The predicted octanol–water partition coefficient (Wildman–Crippen LogP) is 0.929. The lowest BCUT2D eigenvalue weighted by atomic mass is 10.1. The summed E-state index contributed by atoms with van der Waals surface area (Å²) in [6.07, 6.45) is 0.855. The second-order valence-corrected chi connectivity index (χ2v) is 4.29. The van der Waals surface area contributed by atoms with Crippen molar-refractivity contribution in [2.45, 2.75) is 13.3 Å². The van der Waals surface area contributed by atoms with Gasteiger partial charge in [0.15, 0.2) is 0 Å². The molecule has 0 saturated carbocycles. The Labute approximate surface area is 112 Å². The van der Waals surface area contributed by atoms with Gasteiger partial charge in [-0.2, -0.15) is 0 Å². The van der Waals surface area contributed by atoms with Crippen molar-refractivity contribution >= 4 is 23.3 Å². The van der Waals surface area contributed by atoms with Crippen LogP contribution in [-0.4, -0.2) is 37.1 Å². The van der Waals surface area contributed by atoms with Crippen LogP contribution < -0.4 is 16.0 Å². The van der Waals surface area contributed by atoms with Gasteiger partial charge in [-0.05, 0) is 24.6 Å². The molecular formula is C13H19N3O3. The average molecular weight is 265 g/mol. The second kappa shape index (κ2) is 6.63. The molecule has 0 bridgehead atoms. The molecule has 4 N–H and O–H groups in total. The Morgan fingerprint density at radius 2 is 2.11 bits per heavy atom. The van der Waals surface area contributed by atoms with Crippen LogP contribution in [0.2, 0.25) is 0 Å². The summed E-state index contributed by atoms with van der Waals surface area (Å²) in [5, 5.41) is 11.8. The summed E-state index contributed by atoms with van der Waals surface area (Å²) in [6, 6.07) is 4.52. The molecule has 0 aliphatic rings. The molecule has 0 aliphatic carbocycles. The Morgan fingerprint density at radius 3 is 2.68 bits per heavy atom. The SMILES string of the molecule is CCCNC(=O)CN(C)c1cc(N)ccc1C(=O)O. The number of carbonyl (C=O) groups is 2. The summed E-state index contributed by atoms with van der Waals surface area (Å²) in [5.74, 6) is -1.20. The molecule has 0 fully saturated rings. The molecule has 1 rings (SSSR count). The van der Waals surface area contributed by atoms with Crippen LogP contribution in [0, 0.1) is 0 Å². The van der Waals surface area contributed by atoms with Gasteiger partial charge in [-0.25, -0.2) is 4.79 Å². The molecule has 0 radical (unpaired) electrons. The van der Waals surface area contributed by atoms with E-state index in [1.807, 2.05) is 6.92 Å². The molecule has 0 spiro atoms. The van der Waals surface area contributed by atoms with E-state index in [0.29, 0.717) is 17.9 Å². The van der Waals surface area contributed by atoms with Crippen molar-refractivity contribution < 1.29 is 14.7 Å². The summed E-state index contributed by atoms with van der Waals surface area (Å²) >= 11 is 0. The maximum Gasteiger partial charge on any atom is 0.337 e. The van der Waals surface area contributed by atoms with Crippen molar-refractivity contribution in [3.8, 4) is 0 Å². The number of anilines is 2. The highest BCUT2D eigenvalue weighted by molar-refractivity contribution is 5.96. The molecule has 1 aromatic carbocycles. The number of nitrogens with zero attached hydrogens (tertiary/aromatic N) is 1. The van der Waals surface area contributed by atoms with Crippen LogP contribution in [0.25, 0.3) is 0 Å². The minimum Gasteiger partial charge on any atom is -0.478 e. The lowest BCUT2D eigenvalue weighted by Crippen LogP contribution is -2.36. The van der Waals surface area contributed by atoms with Crippen LogP contribution in [0.15, 0.2) is 18.2 Å². The van der Waals surface area contributed by atoms with E-state index in [4.69, 9.17) is 10.8 Å². The van der Waals surface area contributed by atoms with Crippen LogP contribution in [0.5, 0.6) is 0 Å². The number of carboxylic acids is 1. The minimum absolute atomic E-state index is 0.0870. The van der Waals surface area contributed by atoms with E-state index in [-0.39, 0.29) is 18.0 Å². The molecule has 0 aliphatic heterocycles. The van der Waals surface area contributed by atoms with Gasteiger partial charge in [-0.15, -0.1) is 0 Å². The van der Waals surface area contributed by atoms with Gasteiger partial charge >= 0.3 is 5.97 Å². The molecule has 6 nitrogen and oxygen atoms in total. The number of aromatic carboxylic acids is 1. The summed E-state index contributed by atoms with van der Waals surface area (Å²) in [7, 11) is 1.66. The molecule has 0 atom stereocenters. The Bertz CT molecular complexity index is 474. The van der Waals surface area contributed by atoms with Gasteiger partial charge in [0.1, 0.15) is 0 Å². The number of amides is 1. The number of nitrogens with one attached hydrogen (secondary N) is 1. The van der Waals surface area contributed by atoms with Gasteiger partial charge in [0.25, 0.3) is 0 Å². The minimum atomic E-state index is -1.05. The Balaban J connectivity index is 2.86. The van der Waals surface area contributed by atoms with E-state index in [0.717, 1.165) is 6.42 Å². The highest BCUT2D eigenvalue weighted by atomic mass is 16.4. The summed E-state index contributed by atoms with van der Waals surface area (Å²) in [5.41, 5.74) is 6.67. The molecule has 19 heavy (non-hydrogen) atoms. The van der Waals surface area contributed by atoms with Crippen LogP contribution in [-0.2, 0) is 4.79 Å². The quantitative estimate of drug-likeness (QED) is 0.665. The molecule has 0 unspecified atom stereocenters. The number of likely N-dealkylation sites (N-methyl/N-ethyl adjacent to an activating group) is 1. The number of nitrogens with two attached hydrogens (primary N) is 1. The van der Waals surface area contributed by atoms with E-state index in [2.05, 4.69) is 5.32 Å². The average Bonchev–Trinajstić information content (AvgIpc) is 2.35. The zero-order valence-electron chi connectivity index (χ0n) is 11.1. The first-order chi connectivity index (χ1) is 8.95. The number of carbonyl (C=O) groups excluding carboxylic acids is 1. The topological polar surface area (TPSA) is 95.7 Å². The monoisotopic (exact) mass is 265 g/mol. The zero-order chi connectivity index (χ0) is 14.4. The highest BCUT2D eigenvalue weighted by Gasteiger charge is 2.15. The van der Waals surface area contributed by atoms with Gasteiger partial charge in [0, 0.05) is 19.3 Å². The fourth-order valence-corrected chi connectivity index (χ4v) is 1.67. The first-order valence-corrected chi connectivity index (χ1v) is 6.06. The van der Waals surface area contributed by atoms with Crippen molar-refractivity contribution in [3.63, 3.8) is 0 Å². The van der Waals surface area contributed by atoms with Crippen LogP contribution in [0.1, 0.15) is 23.7 Å². The smallest absolute Gasteiger partial charge is 0.337 e. The zero-order valence-corrected chi connectivity index (χ0v) is 11.1. The number of rotatable bonds is 6. The maximum atomic E-state index is 11.6.